The Balaban J connectivity index is 2.27. The smallest absolute Gasteiger partial charge is 0.149 e. The van der Waals surface area contributed by atoms with E-state index in [1.165, 1.54) is 0 Å². The van der Waals surface area contributed by atoms with Crippen molar-refractivity contribution in [2.75, 3.05) is 6.61 Å². The Kier molecular flexibility index (Phi) is 1.11. The molecule has 2 nitrogen and oxygen atoms in total. The lowest BCUT2D eigenvalue weighted by molar-refractivity contribution is 0.259. The van der Waals surface area contributed by atoms with Crippen molar-refractivity contribution in [3.63, 3.8) is 0 Å². The van der Waals surface area contributed by atoms with Gasteiger partial charge in [-0.1, -0.05) is 6.92 Å². The van der Waals surface area contributed by atoms with Gasteiger partial charge in [0, 0.05) is 0 Å². The zero-order chi connectivity index (χ0) is 7.03. The molecular weight excluding hydrogens is 128 g/mol. The molecule has 1 unspecified atom stereocenters. The molecule has 0 aliphatic carbocycles. The topological polar surface area (TPSA) is 25.7 Å². The van der Waals surface area contributed by atoms with Crippen LogP contribution in [0.15, 0.2) is 22.8 Å². The average molecular weight is 138 g/mol. The van der Waals surface area contributed by atoms with E-state index in [2.05, 4.69) is 6.92 Å². The van der Waals surface area contributed by atoms with Gasteiger partial charge in [-0.05, 0) is 18.6 Å². The van der Waals surface area contributed by atoms with E-state index in [0.717, 1.165) is 18.8 Å². The van der Waals surface area contributed by atoms with Crippen LogP contribution < -0.4 is 0 Å². The fourth-order valence-corrected chi connectivity index (χ4v) is 1.15. The number of hydrogen-bond acceptors (Lipinski definition) is 2. The molecule has 0 saturated carbocycles. The first-order chi connectivity index (χ1) is 4.87. The zero-order valence-electron chi connectivity index (χ0n) is 5.96. The maximum absolute atomic E-state index is 5.30. The van der Waals surface area contributed by atoms with Gasteiger partial charge >= 0.3 is 0 Å². The molecule has 1 aromatic rings. The number of rotatable bonds is 2. The molecule has 0 spiro atoms. The maximum Gasteiger partial charge on any atom is 0.149 e. The van der Waals surface area contributed by atoms with Crippen molar-refractivity contribution in [1.29, 1.82) is 0 Å². The largest absolute Gasteiger partial charge is 0.466 e. The van der Waals surface area contributed by atoms with E-state index in [1.54, 1.807) is 6.26 Å². The van der Waals surface area contributed by atoms with Gasteiger partial charge in [-0.15, -0.1) is 0 Å². The van der Waals surface area contributed by atoms with Crippen molar-refractivity contribution < 1.29 is 9.15 Å². The summed E-state index contributed by atoms with van der Waals surface area (Å²) in [6.07, 6.45) is 2.69. The van der Waals surface area contributed by atoms with Crippen LogP contribution in [0.1, 0.15) is 19.1 Å². The summed E-state index contributed by atoms with van der Waals surface area (Å²) >= 11 is 0. The van der Waals surface area contributed by atoms with Crippen LogP contribution in [0.4, 0.5) is 0 Å². The number of epoxide rings is 1. The zero-order valence-corrected chi connectivity index (χ0v) is 5.96. The number of hydrogen-bond donors (Lipinski definition) is 0. The van der Waals surface area contributed by atoms with E-state index in [1.807, 2.05) is 12.1 Å². The second-order valence-corrected chi connectivity index (χ2v) is 2.61. The SMILES string of the molecule is CCC1(c2ccco2)CO1. The summed E-state index contributed by atoms with van der Waals surface area (Å²) in [6, 6.07) is 3.87. The molecule has 0 N–H and O–H groups in total. The third kappa shape index (κ3) is 0.688. The van der Waals surface area contributed by atoms with Crippen LogP contribution >= 0.6 is 0 Å². The van der Waals surface area contributed by atoms with Crippen LogP contribution in [0.3, 0.4) is 0 Å². The first kappa shape index (κ1) is 5.98. The fourth-order valence-electron chi connectivity index (χ4n) is 1.15. The second-order valence-electron chi connectivity index (χ2n) is 2.61. The van der Waals surface area contributed by atoms with Gasteiger partial charge < -0.3 is 9.15 Å². The third-order valence-corrected chi connectivity index (χ3v) is 2.03. The maximum atomic E-state index is 5.30. The lowest BCUT2D eigenvalue weighted by Crippen LogP contribution is -2.04. The molecule has 1 aliphatic rings. The molecule has 1 aromatic heterocycles. The molecule has 54 valence electrons. The van der Waals surface area contributed by atoms with E-state index in [9.17, 15) is 0 Å². The number of furan rings is 1. The summed E-state index contributed by atoms with van der Waals surface area (Å²) < 4.78 is 10.5. The highest BCUT2D eigenvalue weighted by molar-refractivity contribution is 5.14. The van der Waals surface area contributed by atoms with Gasteiger partial charge in [0.2, 0.25) is 0 Å². The lowest BCUT2D eigenvalue weighted by Gasteiger charge is -2.02. The van der Waals surface area contributed by atoms with Crippen molar-refractivity contribution in [1.82, 2.24) is 0 Å². The molecule has 2 rings (SSSR count). The summed E-state index contributed by atoms with van der Waals surface area (Å²) in [5.41, 5.74) is -0.0521. The molecule has 10 heavy (non-hydrogen) atoms. The Morgan fingerprint density at radius 2 is 2.50 bits per heavy atom. The second kappa shape index (κ2) is 1.86. The van der Waals surface area contributed by atoms with E-state index < -0.39 is 0 Å². The third-order valence-electron chi connectivity index (χ3n) is 2.03. The monoisotopic (exact) mass is 138 g/mol. The molecule has 1 saturated heterocycles. The normalized spacial score (nSPS) is 30.5. The minimum absolute atomic E-state index is 0.0521. The Hall–Kier alpha value is -0.760. The number of ether oxygens (including phenoxy) is 1. The Bertz CT molecular complexity index is 209. The van der Waals surface area contributed by atoms with E-state index in [0.29, 0.717) is 0 Å². The highest BCUT2D eigenvalue weighted by atomic mass is 16.6. The van der Waals surface area contributed by atoms with Crippen molar-refractivity contribution in [2.45, 2.75) is 18.9 Å². The minimum Gasteiger partial charge on any atom is -0.466 e. The molecule has 2 heteroatoms. The quantitative estimate of drug-likeness (QED) is 0.583. The summed E-state index contributed by atoms with van der Waals surface area (Å²) in [7, 11) is 0. The molecule has 0 aromatic carbocycles. The predicted molar refractivity (Wildman–Crippen MR) is 36.6 cm³/mol. The van der Waals surface area contributed by atoms with E-state index in [4.69, 9.17) is 9.15 Å². The highest BCUT2D eigenvalue weighted by Crippen LogP contribution is 2.41. The van der Waals surface area contributed by atoms with Gasteiger partial charge in [-0.2, -0.15) is 0 Å². The van der Waals surface area contributed by atoms with E-state index >= 15 is 0 Å². The fraction of sp³-hybridized carbons (Fsp3) is 0.500. The van der Waals surface area contributed by atoms with E-state index in [-0.39, 0.29) is 5.60 Å². The van der Waals surface area contributed by atoms with Gasteiger partial charge in [0.15, 0.2) is 0 Å². The van der Waals surface area contributed by atoms with Crippen LogP contribution in [-0.2, 0) is 10.3 Å². The van der Waals surface area contributed by atoms with Crippen LogP contribution in [0, 0.1) is 0 Å². The molecule has 1 aliphatic heterocycles. The molecule has 2 heterocycles. The molecule has 0 bridgehead atoms. The summed E-state index contributed by atoms with van der Waals surface area (Å²) in [5.74, 6) is 0.968. The minimum atomic E-state index is -0.0521. The molecule has 0 amide bonds. The van der Waals surface area contributed by atoms with Crippen molar-refractivity contribution in [2.24, 2.45) is 0 Å². The average Bonchev–Trinajstić information content (AvgIpc) is 2.58. The first-order valence-electron chi connectivity index (χ1n) is 3.55. The van der Waals surface area contributed by atoms with Crippen LogP contribution in [-0.4, -0.2) is 6.61 Å². The summed E-state index contributed by atoms with van der Waals surface area (Å²) in [6.45, 7) is 2.92. The standard InChI is InChI=1S/C8H10O2/c1-2-8(6-10-8)7-4-3-5-9-7/h3-5H,2,6H2,1H3. The Morgan fingerprint density at radius 3 is 2.90 bits per heavy atom. The molecule has 1 fully saturated rings. The lowest BCUT2D eigenvalue weighted by atomic mass is 10.1. The summed E-state index contributed by atoms with van der Waals surface area (Å²) in [5, 5.41) is 0. The van der Waals surface area contributed by atoms with Crippen molar-refractivity contribution in [3.05, 3.63) is 24.2 Å². The first-order valence-corrected chi connectivity index (χ1v) is 3.55. The van der Waals surface area contributed by atoms with Gasteiger partial charge in [-0.3, -0.25) is 0 Å². The molecule has 1 atom stereocenters. The highest BCUT2D eigenvalue weighted by Gasteiger charge is 2.47. The van der Waals surface area contributed by atoms with Gasteiger partial charge in [0.05, 0.1) is 12.9 Å². The predicted octanol–water partition coefficient (Wildman–Crippen LogP) is 1.92. The summed E-state index contributed by atoms with van der Waals surface area (Å²) in [4.78, 5) is 0. The van der Waals surface area contributed by atoms with Gasteiger partial charge in [0.25, 0.3) is 0 Å². The van der Waals surface area contributed by atoms with Gasteiger partial charge in [0.1, 0.15) is 11.4 Å². The molecule has 0 radical (unpaired) electrons. The van der Waals surface area contributed by atoms with Crippen LogP contribution in [0.25, 0.3) is 0 Å². The van der Waals surface area contributed by atoms with Crippen molar-refractivity contribution in [3.8, 4) is 0 Å². The molecular formula is C8H10O2. The van der Waals surface area contributed by atoms with Crippen LogP contribution in [0.2, 0.25) is 0 Å². The van der Waals surface area contributed by atoms with Crippen molar-refractivity contribution >= 4 is 0 Å². The van der Waals surface area contributed by atoms with Gasteiger partial charge in [-0.25, -0.2) is 0 Å². The Morgan fingerprint density at radius 1 is 1.70 bits per heavy atom. The van der Waals surface area contributed by atoms with Crippen LogP contribution in [0.5, 0.6) is 0 Å². The Labute approximate surface area is 59.8 Å².